The third-order valence-corrected chi connectivity index (χ3v) is 17.0. The summed E-state index contributed by atoms with van der Waals surface area (Å²) in [5, 5.41) is 7.39. The number of rotatable bonds is 13. The number of nitrogens with one attached hydrogen (secondary N) is 4. The molecule has 3 aromatic rings. The Bertz CT molecular complexity index is 2770. The smallest absolute Gasteiger partial charge is 0.407 e. The van der Waals surface area contributed by atoms with Gasteiger partial charge in [-0.3, -0.25) is 9.59 Å². The number of nitrogens with zero attached hydrogens (tertiary/aromatic N) is 4. The molecule has 4 amide bonds. The maximum atomic E-state index is 14.3. The summed E-state index contributed by atoms with van der Waals surface area (Å²) in [5.74, 6) is 1.78. The van der Waals surface area contributed by atoms with Crippen molar-refractivity contribution in [1.29, 1.82) is 0 Å². The van der Waals surface area contributed by atoms with Crippen LogP contribution in [0, 0.1) is 29.1 Å². The Morgan fingerprint density at radius 2 is 1.54 bits per heavy atom. The van der Waals surface area contributed by atoms with Gasteiger partial charge in [-0.25, -0.2) is 19.6 Å². The molecule has 370 valence electrons. The van der Waals surface area contributed by atoms with E-state index in [1.807, 2.05) is 49.8 Å². The second-order valence-corrected chi connectivity index (χ2v) is 21.6. The molecule has 2 saturated carbocycles. The van der Waals surface area contributed by atoms with Crippen LogP contribution in [0.1, 0.15) is 140 Å². The number of fused-ring (bicyclic) bond motifs is 5. The van der Waals surface area contributed by atoms with Gasteiger partial charge in [0.25, 0.3) is 0 Å². The predicted octanol–water partition coefficient (Wildman–Crippen LogP) is 8.48. The molecule has 4 bridgehead atoms. The zero-order valence-corrected chi connectivity index (χ0v) is 41.7. The Morgan fingerprint density at radius 1 is 0.857 bits per heavy atom. The molecule has 1 spiro atoms. The van der Waals surface area contributed by atoms with Crippen LogP contribution in [0.4, 0.5) is 9.59 Å². The summed E-state index contributed by atoms with van der Waals surface area (Å²) < 4.78 is 9.77. The molecule has 0 radical (unpaired) electrons. The highest BCUT2D eigenvalue weighted by atomic mass is 16.5. The van der Waals surface area contributed by atoms with E-state index in [0.717, 1.165) is 85.0 Å². The second kappa shape index (κ2) is 19.2. The number of aromatic amines is 2. The SMILES string of the molecule is C=C/C=c1/[nH]c([C@@H]2C3CCC(C3)N2C(=O)[C@@H](NC(=O)OC)C(C)C)n/c1=C/CC1CC=C(c2ccc(-c3cnc([C@@H]4C5=CCC(C5)N4C(=O)[C@@H](NC(=O)OC)C(C)C)[nH]3)cc2)C2=C1CCC21CCCC1. The van der Waals surface area contributed by atoms with Crippen LogP contribution in [0.5, 0.6) is 0 Å². The number of H-pyrrole nitrogens is 2. The first-order valence-electron chi connectivity index (χ1n) is 25.8. The molecule has 4 N–H and O–H groups in total. The number of alkyl carbamates (subject to hydrolysis) is 2. The number of hydrogen-bond acceptors (Lipinski definition) is 8. The van der Waals surface area contributed by atoms with Gasteiger partial charge in [0.1, 0.15) is 29.8 Å². The minimum atomic E-state index is -0.705. The Hall–Kier alpha value is -6.18. The minimum absolute atomic E-state index is 0.0381. The van der Waals surface area contributed by atoms with Crippen LogP contribution in [0.15, 0.2) is 72.0 Å². The van der Waals surface area contributed by atoms with Crippen molar-refractivity contribution in [2.75, 3.05) is 14.2 Å². The summed E-state index contributed by atoms with van der Waals surface area (Å²) >= 11 is 0. The molecule has 70 heavy (non-hydrogen) atoms. The van der Waals surface area contributed by atoms with Crippen molar-refractivity contribution in [3.8, 4) is 11.3 Å². The Balaban J connectivity index is 0.896. The van der Waals surface area contributed by atoms with Gasteiger partial charge in [0.05, 0.1) is 42.9 Å². The first-order chi connectivity index (χ1) is 33.8. The van der Waals surface area contributed by atoms with Gasteiger partial charge in [0.15, 0.2) is 0 Å². The molecule has 14 nitrogen and oxygen atoms in total. The van der Waals surface area contributed by atoms with Gasteiger partial charge < -0.3 is 39.9 Å². The molecule has 10 rings (SSSR count). The van der Waals surface area contributed by atoms with E-state index < -0.39 is 24.3 Å². The molecule has 4 unspecified atom stereocenters. The molecular formula is C56H70N8O6. The largest absolute Gasteiger partial charge is 0.453 e. The van der Waals surface area contributed by atoms with Crippen LogP contribution in [-0.2, 0) is 19.1 Å². The monoisotopic (exact) mass is 951 g/mol. The fraction of sp³-hybridized carbons (Fsp3) is 0.536. The number of benzene rings is 1. The average Bonchev–Trinajstić information content (AvgIpc) is 4.23. The van der Waals surface area contributed by atoms with Gasteiger partial charge in [-0.1, -0.05) is 101 Å². The summed E-state index contributed by atoms with van der Waals surface area (Å²) in [6.07, 6.45) is 25.1. The number of aromatic nitrogens is 4. The van der Waals surface area contributed by atoms with Crippen molar-refractivity contribution in [3.05, 3.63) is 99.9 Å². The summed E-state index contributed by atoms with van der Waals surface area (Å²) in [7, 11) is 2.64. The summed E-state index contributed by atoms with van der Waals surface area (Å²) in [4.78, 5) is 74.3. The zero-order valence-electron chi connectivity index (χ0n) is 41.7. The number of hydrogen-bond donors (Lipinski definition) is 4. The van der Waals surface area contributed by atoms with Gasteiger partial charge in [-0.05, 0) is 134 Å². The van der Waals surface area contributed by atoms with Crippen molar-refractivity contribution in [2.24, 2.45) is 29.1 Å². The molecule has 2 aromatic heterocycles. The van der Waals surface area contributed by atoms with Crippen molar-refractivity contribution in [2.45, 2.75) is 147 Å². The third-order valence-electron chi connectivity index (χ3n) is 17.0. The van der Waals surface area contributed by atoms with Gasteiger partial charge in [-0.2, -0.15) is 0 Å². The van der Waals surface area contributed by atoms with E-state index in [4.69, 9.17) is 19.4 Å². The van der Waals surface area contributed by atoms with Crippen LogP contribution in [0.25, 0.3) is 29.0 Å². The van der Waals surface area contributed by atoms with E-state index in [1.165, 1.54) is 63.0 Å². The number of carbonyl (C=O) groups excluding carboxylic acids is 4. The highest BCUT2D eigenvalue weighted by Crippen LogP contribution is 2.61. The quantitative estimate of drug-likeness (QED) is 0.124. The van der Waals surface area contributed by atoms with Crippen LogP contribution < -0.4 is 21.3 Å². The zero-order chi connectivity index (χ0) is 49.0. The molecule has 14 heteroatoms. The summed E-state index contributed by atoms with van der Waals surface area (Å²) in [6.45, 7) is 11.8. The van der Waals surface area contributed by atoms with E-state index in [1.54, 1.807) is 17.2 Å². The van der Waals surface area contributed by atoms with Gasteiger partial charge in [0, 0.05) is 12.1 Å². The third kappa shape index (κ3) is 8.42. The topological polar surface area (TPSA) is 175 Å². The normalized spacial score (nSPS) is 26.6. The maximum absolute atomic E-state index is 14.3. The first kappa shape index (κ1) is 47.5. The number of imidazole rings is 2. The van der Waals surface area contributed by atoms with Crippen LogP contribution >= 0.6 is 0 Å². The fourth-order valence-corrected chi connectivity index (χ4v) is 13.6. The lowest BCUT2D eigenvalue weighted by atomic mass is 9.71. The highest BCUT2D eigenvalue weighted by molar-refractivity contribution is 5.88. The molecule has 2 saturated heterocycles. The van der Waals surface area contributed by atoms with E-state index >= 15 is 0 Å². The molecule has 7 aliphatic rings. The summed E-state index contributed by atoms with van der Waals surface area (Å²) in [5.41, 5.74) is 9.14. The standard InChI is InChI=1S/C56H70N8O6/c1-8-11-42-43(59-51(58-42)49-37-17-21-39(29-37)64(49)53(66)47(32(4)5)62-55(68)70-7)23-19-34-18-22-40(45-41(34)24-27-56(45)25-9-10-26-56)33-12-14-35(15-13-33)44-30-57-50(60-44)48-36-16-20-38(28-36)63(48)52(65)46(31(2)3)61-54(67)69-6/h8,11-16,22-23,30-32,34,37-39,46-49H,1,9-10,17-21,24-29H2,2-7H3,(H,57,60)(H,58,59)(H,61,67)(H,62,68)/b42-11+,43-23+/t34?,37?,38?,39?,46-,47-,48-,49-/m0/s1. The molecule has 1 aromatic carbocycles. The van der Waals surface area contributed by atoms with Crippen LogP contribution in [-0.4, -0.2) is 92.1 Å². The number of piperidine rings is 1. The Morgan fingerprint density at radius 3 is 2.21 bits per heavy atom. The van der Waals surface area contributed by atoms with Crippen LogP contribution in [0.3, 0.4) is 0 Å². The van der Waals surface area contributed by atoms with Crippen molar-refractivity contribution in [3.63, 3.8) is 0 Å². The number of carbonyl (C=O) groups is 4. The minimum Gasteiger partial charge on any atom is -0.453 e. The van der Waals surface area contributed by atoms with E-state index in [0.29, 0.717) is 11.8 Å². The van der Waals surface area contributed by atoms with Crippen molar-refractivity contribution < 1.29 is 28.7 Å². The molecule has 5 aliphatic carbocycles. The second-order valence-electron chi connectivity index (χ2n) is 21.6. The van der Waals surface area contributed by atoms with Gasteiger partial charge in [-0.15, -0.1) is 0 Å². The van der Waals surface area contributed by atoms with E-state index in [2.05, 4.69) is 69.7 Å². The Labute approximate surface area is 411 Å². The summed E-state index contributed by atoms with van der Waals surface area (Å²) in [6, 6.07) is 7.17. The molecule has 4 heterocycles. The average molecular weight is 951 g/mol. The van der Waals surface area contributed by atoms with Gasteiger partial charge in [0.2, 0.25) is 11.8 Å². The maximum Gasteiger partial charge on any atom is 0.407 e. The van der Waals surface area contributed by atoms with Gasteiger partial charge >= 0.3 is 12.2 Å². The highest BCUT2D eigenvalue weighted by Gasteiger charge is 2.52. The molecule has 4 fully saturated rings. The lowest BCUT2D eigenvalue weighted by Crippen LogP contribution is -2.54. The first-order valence-corrected chi connectivity index (χ1v) is 25.8. The van der Waals surface area contributed by atoms with Crippen molar-refractivity contribution >= 4 is 41.7 Å². The van der Waals surface area contributed by atoms with Crippen LogP contribution in [0.2, 0.25) is 0 Å². The predicted molar refractivity (Wildman–Crippen MR) is 269 cm³/mol. The Kier molecular flexibility index (Phi) is 13.0. The fourth-order valence-electron chi connectivity index (χ4n) is 13.6. The number of ether oxygens (including phenoxy) is 2. The lowest BCUT2D eigenvalue weighted by molar-refractivity contribution is -0.139. The molecular weight excluding hydrogens is 881 g/mol. The number of amides is 4. The number of methoxy groups -OCH3 is 2. The molecule has 8 atom stereocenters. The molecule has 2 aliphatic heterocycles. The van der Waals surface area contributed by atoms with E-state index in [9.17, 15) is 19.2 Å². The number of allylic oxidation sites excluding steroid dienone is 5. The lowest BCUT2D eigenvalue weighted by Gasteiger charge is -2.37. The number of likely N-dealkylation sites (tertiary alicyclic amines) is 2. The van der Waals surface area contributed by atoms with Crippen molar-refractivity contribution in [1.82, 2.24) is 40.4 Å². The van der Waals surface area contributed by atoms with E-state index in [-0.39, 0.29) is 53.2 Å².